The molecule has 0 aliphatic carbocycles. The highest BCUT2D eigenvalue weighted by atomic mass is 16.2. The van der Waals surface area contributed by atoms with E-state index in [0.717, 1.165) is 19.6 Å². The zero-order chi connectivity index (χ0) is 13.8. The van der Waals surface area contributed by atoms with Crippen LogP contribution in [0.15, 0.2) is 5.10 Å². The maximum absolute atomic E-state index is 11.9. The van der Waals surface area contributed by atoms with Crippen LogP contribution in [0.5, 0.6) is 0 Å². The molecule has 1 saturated heterocycles. The number of amides is 2. The van der Waals surface area contributed by atoms with Gasteiger partial charge in [-0.1, -0.05) is 0 Å². The number of hydrogen-bond acceptors (Lipinski definition) is 5. The van der Waals surface area contributed by atoms with Crippen LogP contribution in [0.2, 0.25) is 0 Å². The number of rotatable bonds is 3. The highest BCUT2D eigenvalue weighted by Crippen LogP contribution is 2.05. The fourth-order valence-electron chi connectivity index (χ4n) is 2.27. The lowest BCUT2D eigenvalue weighted by molar-refractivity contribution is -0.121. The smallest absolute Gasteiger partial charge is 0.267 e. The molecule has 0 aromatic rings. The Bertz CT molecular complexity index is 396. The SMILES string of the molecule is CN1CCN(C)C(CNC(=O)C2=NNC(=O)CC2)C1. The molecule has 19 heavy (non-hydrogen) atoms. The molecule has 2 aliphatic rings. The molecule has 2 amide bonds. The van der Waals surface area contributed by atoms with Crippen molar-refractivity contribution >= 4 is 17.5 Å². The van der Waals surface area contributed by atoms with E-state index in [1.807, 2.05) is 0 Å². The fourth-order valence-corrected chi connectivity index (χ4v) is 2.27. The number of hydrazone groups is 1. The molecule has 2 rings (SSSR count). The van der Waals surface area contributed by atoms with Gasteiger partial charge in [-0.2, -0.15) is 5.10 Å². The first-order valence-corrected chi connectivity index (χ1v) is 6.58. The Morgan fingerprint density at radius 3 is 2.89 bits per heavy atom. The minimum Gasteiger partial charge on any atom is -0.349 e. The zero-order valence-electron chi connectivity index (χ0n) is 11.5. The Morgan fingerprint density at radius 1 is 1.42 bits per heavy atom. The van der Waals surface area contributed by atoms with Gasteiger partial charge in [0.2, 0.25) is 5.91 Å². The quantitative estimate of drug-likeness (QED) is 0.660. The van der Waals surface area contributed by atoms with E-state index in [1.165, 1.54) is 0 Å². The number of carbonyl (C=O) groups is 2. The monoisotopic (exact) mass is 267 g/mol. The number of piperazine rings is 1. The standard InChI is InChI=1S/C12H21N5O2/c1-16-5-6-17(2)9(8-16)7-13-12(19)10-3-4-11(18)15-14-10/h9H,3-8H2,1-2H3,(H,13,19)(H,15,18). The van der Waals surface area contributed by atoms with Gasteiger partial charge < -0.3 is 10.2 Å². The van der Waals surface area contributed by atoms with Crippen LogP contribution in [-0.2, 0) is 9.59 Å². The Labute approximate surface area is 113 Å². The van der Waals surface area contributed by atoms with Crippen LogP contribution in [0.4, 0.5) is 0 Å². The van der Waals surface area contributed by atoms with Crippen LogP contribution in [0.1, 0.15) is 12.8 Å². The normalized spacial score (nSPS) is 25.7. The van der Waals surface area contributed by atoms with Gasteiger partial charge in [-0.05, 0) is 14.1 Å². The van der Waals surface area contributed by atoms with Crippen molar-refractivity contribution in [1.82, 2.24) is 20.5 Å². The highest BCUT2D eigenvalue weighted by Gasteiger charge is 2.24. The summed E-state index contributed by atoms with van der Waals surface area (Å²) in [5, 5.41) is 6.69. The molecule has 0 bridgehead atoms. The molecule has 0 spiro atoms. The number of likely N-dealkylation sites (N-methyl/N-ethyl adjacent to an activating group) is 2. The van der Waals surface area contributed by atoms with Gasteiger partial charge in [0.1, 0.15) is 5.71 Å². The molecular formula is C12H21N5O2. The average molecular weight is 267 g/mol. The molecule has 0 saturated carbocycles. The van der Waals surface area contributed by atoms with E-state index in [-0.39, 0.29) is 11.8 Å². The first-order chi connectivity index (χ1) is 9.06. The number of nitrogens with zero attached hydrogens (tertiary/aromatic N) is 3. The second kappa shape index (κ2) is 6.12. The number of hydrogen-bond donors (Lipinski definition) is 2. The topological polar surface area (TPSA) is 77.0 Å². The van der Waals surface area contributed by atoms with Gasteiger partial charge in [-0.15, -0.1) is 0 Å². The van der Waals surface area contributed by atoms with Crippen molar-refractivity contribution in [3.8, 4) is 0 Å². The summed E-state index contributed by atoms with van der Waals surface area (Å²) in [6.07, 6.45) is 0.746. The van der Waals surface area contributed by atoms with Crippen molar-refractivity contribution < 1.29 is 9.59 Å². The lowest BCUT2D eigenvalue weighted by atomic mass is 10.1. The minimum atomic E-state index is -0.179. The van der Waals surface area contributed by atoms with Crippen molar-refractivity contribution in [2.45, 2.75) is 18.9 Å². The van der Waals surface area contributed by atoms with Gasteiger partial charge in [-0.25, -0.2) is 5.43 Å². The summed E-state index contributed by atoms with van der Waals surface area (Å²) in [5.74, 6) is -0.313. The third kappa shape index (κ3) is 3.74. The lowest BCUT2D eigenvalue weighted by Gasteiger charge is -2.37. The van der Waals surface area contributed by atoms with E-state index < -0.39 is 0 Å². The van der Waals surface area contributed by atoms with Crippen LogP contribution >= 0.6 is 0 Å². The lowest BCUT2D eigenvalue weighted by Crippen LogP contribution is -2.55. The van der Waals surface area contributed by atoms with Gasteiger partial charge in [0.25, 0.3) is 5.91 Å². The minimum absolute atomic E-state index is 0.134. The predicted octanol–water partition coefficient (Wildman–Crippen LogP) is -1.39. The molecule has 2 heterocycles. The predicted molar refractivity (Wildman–Crippen MR) is 71.7 cm³/mol. The molecule has 1 fully saturated rings. The second-order valence-corrected chi connectivity index (χ2v) is 5.20. The summed E-state index contributed by atoms with van der Waals surface area (Å²) in [5.41, 5.74) is 2.75. The van der Waals surface area contributed by atoms with Crippen LogP contribution < -0.4 is 10.7 Å². The maximum Gasteiger partial charge on any atom is 0.267 e. The molecular weight excluding hydrogens is 246 g/mol. The molecule has 2 N–H and O–H groups in total. The van der Waals surface area contributed by atoms with Crippen molar-refractivity contribution in [1.29, 1.82) is 0 Å². The van der Waals surface area contributed by atoms with E-state index in [9.17, 15) is 9.59 Å². The summed E-state index contributed by atoms with van der Waals surface area (Å²) in [6, 6.07) is 0.321. The molecule has 7 heteroatoms. The van der Waals surface area contributed by atoms with Gasteiger partial charge in [0, 0.05) is 45.1 Å². The Morgan fingerprint density at radius 2 is 2.21 bits per heavy atom. The molecule has 0 radical (unpaired) electrons. The summed E-state index contributed by atoms with van der Waals surface area (Å²) >= 11 is 0. The largest absolute Gasteiger partial charge is 0.349 e. The van der Waals surface area contributed by atoms with Crippen molar-refractivity contribution in [2.75, 3.05) is 40.3 Å². The summed E-state index contributed by atoms with van der Waals surface area (Å²) < 4.78 is 0. The molecule has 1 unspecified atom stereocenters. The summed E-state index contributed by atoms with van der Waals surface area (Å²) in [6.45, 7) is 3.61. The molecule has 1 atom stereocenters. The zero-order valence-corrected chi connectivity index (χ0v) is 11.5. The molecule has 2 aliphatic heterocycles. The first-order valence-electron chi connectivity index (χ1n) is 6.58. The van der Waals surface area contributed by atoms with E-state index in [2.05, 4.69) is 39.7 Å². The third-order valence-electron chi connectivity index (χ3n) is 3.64. The Kier molecular flexibility index (Phi) is 4.49. The average Bonchev–Trinajstić information content (AvgIpc) is 2.40. The van der Waals surface area contributed by atoms with Gasteiger partial charge in [0.05, 0.1) is 0 Å². The maximum atomic E-state index is 11.9. The molecule has 0 aromatic carbocycles. The molecule has 7 nitrogen and oxygen atoms in total. The van der Waals surface area contributed by atoms with Gasteiger partial charge >= 0.3 is 0 Å². The molecule has 0 aromatic heterocycles. The Hall–Kier alpha value is -1.47. The van der Waals surface area contributed by atoms with E-state index in [1.54, 1.807) is 0 Å². The van der Waals surface area contributed by atoms with E-state index in [4.69, 9.17) is 0 Å². The Balaban J connectivity index is 1.81. The van der Waals surface area contributed by atoms with E-state index in [0.29, 0.717) is 31.1 Å². The van der Waals surface area contributed by atoms with Gasteiger partial charge in [0.15, 0.2) is 0 Å². The van der Waals surface area contributed by atoms with Crippen molar-refractivity contribution in [3.63, 3.8) is 0 Å². The number of nitrogens with one attached hydrogen (secondary N) is 2. The van der Waals surface area contributed by atoms with Crippen molar-refractivity contribution in [2.24, 2.45) is 5.10 Å². The van der Waals surface area contributed by atoms with Crippen molar-refractivity contribution in [3.05, 3.63) is 0 Å². The molecule has 106 valence electrons. The summed E-state index contributed by atoms with van der Waals surface area (Å²) in [7, 11) is 4.16. The van der Waals surface area contributed by atoms with Crippen LogP contribution in [-0.4, -0.2) is 73.6 Å². The third-order valence-corrected chi connectivity index (χ3v) is 3.64. The second-order valence-electron chi connectivity index (χ2n) is 5.20. The van der Waals surface area contributed by atoms with Crippen LogP contribution in [0.3, 0.4) is 0 Å². The highest BCUT2D eigenvalue weighted by molar-refractivity contribution is 6.39. The summed E-state index contributed by atoms with van der Waals surface area (Å²) in [4.78, 5) is 27.4. The number of carbonyl (C=O) groups excluding carboxylic acids is 2. The van der Waals surface area contributed by atoms with E-state index >= 15 is 0 Å². The fraction of sp³-hybridized carbons (Fsp3) is 0.750. The first kappa shape index (κ1) is 14.0. The van der Waals surface area contributed by atoms with Crippen LogP contribution in [0.25, 0.3) is 0 Å². The van der Waals surface area contributed by atoms with Crippen LogP contribution in [0, 0.1) is 0 Å². The van der Waals surface area contributed by atoms with Gasteiger partial charge in [-0.3, -0.25) is 14.5 Å².